The highest BCUT2D eigenvalue weighted by Crippen LogP contribution is 2.31. The third-order valence-electron chi connectivity index (χ3n) is 5.62. The third-order valence-corrected chi connectivity index (χ3v) is 6.47. The van der Waals surface area contributed by atoms with Crippen molar-refractivity contribution in [1.29, 1.82) is 0 Å². The van der Waals surface area contributed by atoms with Crippen LogP contribution >= 0.6 is 11.3 Å². The number of Topliss-reactive ketones (excluding diaryl/α,β-unsaturated/α-hetero) is 1. The highest BCUT2D eigenvalue weighted by atomic mass is 32.1. The van der Waals surface area contributed by atoms with Crippen LogP contribution in [-0.2, 0) is 14.3 Å². The molecule has 1 aliphatic rings. The van der Waals surface area contributed by atoms with E-state index in [-0.39, 0.29) is 24.7 Å². The van der Waals surface area contributed by atoms with Gasteiger partial charge in [-0.3, -0.25) is 14.4 Å². The van der Waals surface area contributed by atoms with Crippen molar-refractivity contribution in [2.75, 3.05) is 18.1 Å². The first kappa shape index (κ1) is 23.4. The van der Waals surface area contributed by atoms with E-state index in [1.54, 1.807) is 22.4 Å². The van der Waals surface area contributed by atoms with Crippen molar-refractivity contribution in [1.82, 2.24) is 0 Å². The minimum atomic E-state index is -0.627. The summed E-state index contributed by atoms with van der Waals surface area (Å²) in [6, 6.07) is 15.2. The third kappa shape index (κ3) is 5.07. The van der Waals surface area contributed by atoms with E-state index in [0.717, 1.165) is 16.8 Å². The SMILES string of the molecule is Cc1cccc(C)c1N1C[C@H](C(=O)OCC(=O)c2ccc(OC(=O)c3cccs3)cc2)CC1=O. The Morgan fingerprint density at radius 2 is 1.71 bits per heavy atom. The molecular formula is C26H23NO6S. The maximum atomic E-state index is 12.6. The second kappa shape index (κ2) is 10.0. The predicted molar refractivity (Wildman–Crippen MR) is 127 cm³/mol. The van der Waals surface area contributed by atoms with Gasteiger partial charge in [0.05, 0.1) is 5.92 Å². The van der Waals surface area contributed by atoms with Crippen molar-refractivity contribution in [2.45, 2.75) is 20.3 Å². The zero-order chi connectivity index (χ0) is 24.2. The molecule has 1 fully saturated rings. The van der Waals surface area contributed by atoms with Crippen LogP contribution in [0.5, 0.6) is 5.75 Å². The van der Waals surface area contributed by atoms with Crippen molar-refractivity contribution < 1.29 is 28.7 Å². The topological polar surface area (TPSA) is 90.0 Å². The maximum Gasteiger partial charge on any atom is 0.353 e. The van der Waals surface area contributed by atoms with Gasteiger partial charge in [0.15, 0.2) is 12.4 Å². The number of hydrogen-bond donors (Lipinski definition) is 0. The van der Waals surface area contributed by atoms with Crippen molar-refractivity contribution >= 4 is 40.7 Å². The number of rotatable bonds is 7. The molecule has 8 heteroatoms. The number of carbonyl (C=O) groups is 4. The number of amides is 1. The molecular weight excluding hydrogens is 454 g/mol. The minimum absolute atomic E-state index is 0.0467. The number of ketones is 1. The maximum absolute atomic E-state index is 12.6. The number of thiophene rings is 1. The van der Waals surface area contributed by atoms with Gasteiger partial charge in [0.25, 0.3) is 0 Å². The smallest absolute Gasteiger partial charge is 0.353 e. The Morgan fingerprint density at radius 3 is 2.35 bits per heavy atom. The van der Waals surface area contributed by atoms with E-state index in [9.17, 15) is 19.2 Å². The highest BCUT2D eigenvalue weighted by Gasteiger charge is 2.37. The van der Waals surface area contributed by atoms with Crippen LogP contribution < -0.4 is 9.64 Å². The van der Waals surface area contributed by atoms with Gasteiger partial charge in [-0.05, 0) is 60.7 Å². The molecule has 7 nitrogen and oxygen atoms in total. The minimum Gasteiger partial charge on any atom is -0.457 e. The molecule has 1 atom stereocenters. The molecule has 0 spiro atoms. The summed E-state index contributed by atoms with van der Waals surface area (Å²) in [5.74, 6) is -1.89. The average Bonchev–Trinajstić information content (AvgIpc) is 3.48. The standard InChI is InChI=1S/C26H23NO6S/c1-16-5-3-6-17(2)24(16)27-14-19(13-23(27)29)25(30)32-15-21(28)18-8-10-20(11-9-18)33-26(31)22-7-4-12-34-22/h3-12,19H,13-15H2,1-2H3/t19-/m1/s1. The van der Waals surface area contributed by atoms with Crippen LogP contribution in [0, 0.1) is 19.8 Å². The highest BCUT2D eigenvalue weighted by molar-refractivity contribution is 7.12. The Balaban J connectivity index is 1.31. The Kier molecular flexibility index (Phi) is 6.88. The molecule has 0 N–H and O–H groups in total. The predicted octanol–water partition coefficient (Wildman–Crippen LogP) is 4.36. The molecule has 2 heterocycles. The van der Waals surface area contributed by atoms with Crippen LogP contribution in [0.15, 0.2) is 60.0 Å². The van der Waals surface area contributed by atoms with Crippen molar-refractivity contribution in [2.24, 2.45) is 5.92 Å². The summed E-state index contributed by atoms with van der Waals surface area (Å²) < 4.78 is 10.5. The first-order chi connectivity index (χ1) is 16.3. The van der Waals surface area contributed by atoms with E-state index < -0.39 is 24.5 Å². The lowest BCUT2D eigenvalue weighted by Gasteiger charge is -2.21. The van der Waals surface area contributed by atoms with E-state index in [4.69, 9.17) is 9.47 Å². The molecule has 0 bridgehead atoms. The summed E-state index contributed by atoms with van der Waals surface area (Å²) in [6.45, 7) is 3.64. The average molecular weight is 478 g/mol. The molecule has 34 heavy (non-hydrogen) atoms. The summed E-state index contributed by atoms with van der Waals surface area (Å²) in [5.41, 5.74) is 3.06. The van der Waals surface area contributed by atoms with Gasteiger partial charge in [-0.15, -0.1) is 11.3 Å². The second-order valence-corrected chi connectivity index (χ2v) is 9.02. The molecule has 1 amide bonds. The van der Waals surface area contributed by atoms with Gasteiger partial charge in [0, 0.05) is 24.2 Å². The lowest BCUT2D eigenvalue weighted by molar-refractivity contribution is -0.147. The van der Waals surface area contributed by atoms with Crippen molar-refractivity contribution in [3.8, 4) is 5.75 Å². The molecule has 4 rings (SSSR count). The second-order valence-electron chi connectivity index (χ2n) is 8.07. The number of carbonyl (C=O) groups excluding carboxylic acids is 4. The molecule has 1 saturated heterocycles. The van der Waals surface area contributed by atoms with E-state index in [1.165, 1.54) is 35.6 Å². The van der Waals surface area contributed by atoms with Gasteiger partial charge in [-0.2, -0.15) is 0 Å². The fourth-order valence-corrected chi connectivity index (χ4v) is 4.51. The summed E-state index contributed by atoms with van der Waals surface area (Å²) >= 11 is 1.28. The van der Waals surface area contributed by atoms with Crippen LogP contribution in [0.2, 0.25) is 0 Å². The van der Waals surface area contributed by atoms with Gasteiger partial charge in [0.1, 0.15) is 10.6 Å². The lowest BCUT2D eigenvalue weighted by atomic mass is 10.1. The van der Waals surface area contributed by atoms with Gasteiger partial charge in [0.2, 0.25) is 5.91 Å². The summed E-state index contributed by atoms with van der Waals surface area (Å²) in [6.07, 6.45) is 0.0467. The largest absolute Gasteiger partial charge is 0.457 e. The lowest BCUT2D eigenvalue weighted by Crippen LogP contribution is -2.28. The molecule has 0 unspecified atom stereocenters. The number of hydrogen-bond acceptors (Lipinski definition) is 7. The van der Waals surface area contributed by atoms with Gasteiger partial charge >= 0.3 is 11.9 Å². The molecule has 1 aromatic heterocycles. The van der Waals surface area contributed by atoms with Crippen LogP contribution in [0.3, 0.4) is 0 Å². The molecule has 1 aliphatic heterocycles. The van der Waals surface area contributed by atoms with E-state index in [1.807, 2.05) is 32.0 Å². The Hall–Kier alpha value is -3.78. The van der Waals surface area contributed by atoms with Crippen LogP contribution in [0.1, 0.15) is 37.6 Å². The quantitative estimate of drug-likeness (QED) is 0.285. The van der Waals surface area contributed by atoms with Gasteiger partial charge in [-0.1, -0.05) is 24.3 Å². The number of aryl methyl sites for hydroxylation is 2. The molecule has 0 aliphatic carbocycles. The summed E-state index contributed by atoms with van der Waals surface area (Å²) in [4.78, 5) is 51.7. The molecule has 0 saturated carbocycles. The summed E-state index contributed by atoms with van der Waals surface area (Å²) in [5, 5.41) is 1.78. The molecule has 0 radical (unpaired) electrons. The van der Waals surface area contributed by atoms with Gasteiger partial charge in [-0.25, -0.2) is 4.79 Å². The van der Waals surface area contributed by atoms with Crippen LogP contribution in [0.4, 0.5) is 5.69 Å². The fourth-order valence-electron chi connectivity index (χ4n) is 3.91. The van der Waals surface area contributed by atoms with Crippen LogP contribution in [0.25, 0.3) is 0 Å². The first-order valence-corrected chi connectivity index (χ1v) is 11.6. The Morgan fingerprint density at radius 1 is 1.00 bits per heavy atom. The van der Waals surface area contributed by atoms with E-state index in [2.05, 4.69) is 0 Å². The number of nitrogens with zero attached hydrogens (tertiary/aromatic N) is 1. The summed E-state index contributed by atoms with van der Waals surface area (Å²) in [7, 11) is 0. The number of esters is 2. The zero-order valence-electron chi connectivity index (χ0n) is 18.8. The molecule has 174 valence electrons. The van der Waals surface area contributed by atoms with E-state index >= 15 is 0 Å². The van der Waals surface area contributed by atoms with Crippen molar-refractivity contribution in [3.63, 3.8) is 0 Å². The molecule has 3 aromatic rings. The van der Waals surface area contributed by atoms with Gasteiger partial charge < -0.3 is 14.4 Å². The number of ether oxygens (including phenoxy) is 2. The molecule has 2 aromatic carbocycles. The number of benzene rings is 2. The zero-order valence-corrected chi connectivity index (χ0v) is 19.6. The van der Waals surface area contributed by atoms with E-state index in [0.29, 0.717) is 16.2 Å². The Bertz CT molecular complexity index is 1210. The normalized spacial score (nSPS) is 15.3. The van der Waals surface area contributed by atoms with Crippen LogP contribution in [-0.4, -0.2) is 36.8 Å². The fraction of sp³-hybridized carbons (Fsp3) is 0.231. The number of para-hydroxylation sites is 1. The van der Waals surface area contributed by atoms with Crippen molar-refractivity contribution in [3.05, 3.63) is 81.5 Å². The Labute approximate surface area is 200 Å². The number of anilines is 1. The first-order valence-electron chi connectivity index (χ1n) is 10.8. The monoisotopic (exact) mass is 477 g/mol.